The first-order chi connectivity index (χ1) is 8.63. The van der Waals surface area contributed by atoms with Crippen LogP contribution in [-0.2, 0) is 0 Å². The Balaban J connectivity index is 2.31. The van der Waals surface area contributed by atoms with Crippen LogP contribution in [0.25, 0.3) is 4.98 Å². The Morgan fingerprint density at radius 1 is 1.28 bits per heavy atom. The number of hydrogen-bond donors (Lipinski definition) is 1. The number of anilines is 1. The van der Waals surface area contributed by atoms with Gasteiger partial charge in [-0.15, -0.1) is 0 Å². The van der Waals surface area contributed by atoms with Gasteiger partial charge in [-0.05, 0) is 25.3 Å². The van der Waals surface area contributed by atoms with Crippen LogP contribution in [0.5, 0.6) is 0 Å². The van der Waals surface area contributed by atoms with Gasteiger partial charge in [0.25, 0.3) is 0 Å². The SMILES string of the molecule is Cc1c(Cl)cc([N+]#N)c(Cl)c1NC1CCCCC1. The van der Waals surface area contributed by atoms with E-state index in [9.17, 15) is 0 Å². The standard InChI is InChI=1S/C13H16Cl2N3/c1-8-10(14)7-11(18-16)12(15)13(8)17-9-5-3-2-4-6-9/h7,9,17H,2-6H2,1H3/q+1. The van der Waals surface area contributed by atoms with Gasteiger partial charge in [0.15, 0.2) is 10.00 Å². The number of diazo groups is 1. The van der Waals surface area contributed by atoms with E-state index in [0.29, 0.717) is 21.8 Å². The lowest BCUT2D eigenvalue weighted by molar-refractivity contribution is 0.462. The molecule has 3 nitrogen and oxygen atoms in total. The molecule has 1 aromatic rings. The van der Waals surface area contributed by atoms with E-state index in [1.807, 2.05) is 6.92 Å². The van der Waals surface area contributed by atoms with Gasteiger partial charge in [-0.1, -0.05) is 42.5 Å². The largest absolute Gasteiger partial charge is 0.407 e. The average Bonchev–Trinajstić information content (AvgIpc) is 2.40. The first kappa shape index (κ1) is 13.5. The molecule has 1 aliphatic carbocycles. The summed E-state index contributed by atoms with van der Waals surface area (Å²) in [5.74, 6) is 0. The summed E-state index contributed by atoms with van der Waals surface area (Å²) in [4.78, 5) is 3.17. The molecule has 0 amide bonds. The topological polar surface area (TPSA) is 40.2 Å². The molecular formula is C13H16Cl2N3+. The molecule has 1 fully saturated rings. The second-order valence-corrected chi connectivity index (χ2v) is 5.56. The number of nitrogens with zero attached hydrogens (tertiary/aromatic N) is 2. The van der Waals surface area contributed by atoms with Crippen molar-refractivity contribution < 1.29 is 0 Å². The van der Waals surface area contributed by atoms with E-state index < -0.39 is 0 Å². The van der Waals surface area contributed by atoms with E-state index in [-0.39, 0.29) is 0 Å². The lowest BCUT2D eigenvalue weighted by atomic mass is 9.95. The Morgan fingerprint density at radius 3 is 2.56 bits per heavy atom. The van der Waals surface area contributed by atoms with Crippen molar-refractivity contribution in [3.05, 3.63) is 26.7 Å². The van der Waals surface area contributed by atoms with Crippen molar-refractivity contribution >= 4 is 34.6 Å². The van der Waals surface area contributed by atoms with Crippen molar-refractivity contribution in [2.24, 2.45) is 0 Å². The maximum Gasteiger partial charge on any atom is 0.407 e. The van der Waals surface area contributed by atoms with E-state index in [1.165, 1.54) is 19.3 Å². The fourth-order valence-electron chi connectivity index (χ4n) is 2.40. The molecule has 18 heavy (non-hydrogen) atoms. The van der Waals surface area contributed by atoms with Gasteiger partial charge in [0.2, 0.25) is 5.39 Å². The maximum atomic E-state index is 8.92. The molecule has 1 N–H and O–H groups in total. The van der Waals surface area contributed by atoms with Gasteiger partial charge in [0.05, 0.1) is 16.8 Å². The summed E-state index contributed by atoms with van der Waals surface area (Å²) >= 11 is 12.3. The van der Waals surface area contributed by atoms with Crippen LogP contribution in [0.1, 0.15) is 37.7 Å². The fraction of sp³-hybridized carbons (Fsp3) is 0.538. The second kappa shape index (κ2) is 5.77. The predicted octanol–water partition coefficient (Wildman–Crippen LogP) is 5.53. The highest BCUT2D eigenvalue weighted by Crippen LogP contribution is 2.40. The molecule has 1 aromatic carbocycles. The first-order valence-electron chi connectivity index (χ1n) is 6.23. The van der Waals surface area contributed by atoms with Crippen molar-refractivity contribution in [2.75, 3.05) is 5.32 Å². The van der Waals surface area contributed by atoms with Crippen LogP contribution in [0.15, 0.2) is 6.07 Å². The Bertz CT molecular complexity index is 488. The van der Waals surface area contributed by atoms with Crippen LogP contribution in [-0.4, -0.2) is 6.04 Å². The summed E-state index contributed by atoms with van der Waals surface area (Å²) < 4.78 is 0. The van der Waals surface area contributed by atoms with Crippen LogP contribution < -0.4 is 5.32 Å². The molecule has 0 aromatic heterocycles. The van der Waals surface area contributed by atoms with Gasteiger partial charge in [-0.3, -0.25) is 0 Å². The molecule has 0 radical (unpaired) electrons. The molecule has 1 saturated carbocycles. The van der Waals surface area contributed by atoms with E-state index in [2.05, 4.69) is 10.3 Å². The third kappa shape index (κ3) is 2.71. The van der Waals surface area contributed by atoms with Crippen LogP contribution in [0.2, 0.25) is 10.0 Å². The first-order valence-corrected chi connectivity index (χ1v) is 6.99. The molecule has 0 heterocycles. The van der Waals surface area contributed by atoms with Gasteiger partial charge < -0.3 is 5.32 Å². The van der Waals surface area contributed by atoms with Gasteiger partial charge in [0, 0.05) is 6.04 Å². The summed E-state index contributed by atoms with van der Waals surface area (Å²) in [6, 6.07) is 2.01. The average molecular weight is 285 g/mol. The molecule has 2 rings (SSSR count). The molecule has 0 atom stereocenters. The molecule has 96 valence electrons. The zero-order valence-electron chi connectivity index (χ0n) is 10.3. The number of rotatable bonds is 2. The van der Waals surface area contributed by atoms with Gasteiger partial charge in [-0.25, -0.2) is 0 Å². The van der Waals surface area contributed by atoms with Crippen molar-refractivity contribution in [1.29, 1.82) is 5.39 Å². The zero-order valence-corrected chi connectivity index (χ0v) is 11.9. The van der Waals surface area contributed by atoms with Crippen molar-refractivity contribution in [3.63, 3.8) is 0 Å². The summed E-state index contributed by atoms with van der Waals surface area (Å²) in [7, 11) is 0. The van der Waals surface area contributed by atoms with E-state index in [1.54, 1.807) is 6.07 Å². The molecule has 5 heteroatoms. The summed E-state index contributed by atoms with van der Waals surface area (Å²) in [5.41, 5.74) is 2.01. The van der Waals surface area contributed by atoms with Crippen molar-refractivity contribution in [3.8, 4) is 0 Å². The normalized spacial score (nSPS) is 16.3. The predicted molar refractivity (Wildman–Crippen MR) is 76.4 cm³/mol. The maximum absolute atomic E-state index is 8.92. The van der Waals surface area contributed by atoms with Crippen LogP contribution in [0.3, 0.4) is 0 Å². The smallest absolute Gasteiger partial charge is 0.381 e. The van der Waals surface area contributed by atoms with E-state index in [4.69, 9.17) is 28.6 Å². The minimum Gasteiger partial charge on any atom is -0.381 e. The van der Waals surface area contributed by atoms with Crippen LogP contribution in [0.4, 0.5) is 11.4 Å². The molecule has 0 spiro atoms. The Kier molecular flexibility index (Phi) is 4.31. The van der Waals surface area contributed by atoms with Gasteiger partial charge in [0.1, 0.15) is 0 Å². The highest BCUT2D eigenvalue weighted by atomic mass is 35.5. The van der Waals surface area contributed by atoms with Gasteiger partial charge in [-0.2, -0.15) is 0 Å². The quantitative estimate of drug-likeness (QED) is 0.725. The fourth-order valence-corrected chi connectivity index (χ4v) is 2.89. The molecular weight excluding hydrogens is 269 g/mol. The highest BCUT2D eigenvalue weighted by Gasteiger charge is 2.23. The lowest BCUT2D eigenvalue weighted by Gasteiger charge is -2.25. The highest BCUT2D eigenvalue weighted by molar-refractivity contribution is 6.38. The molecule has 1 aliphatic rings. The summed E-state index contributed by atoms with van der Waals surface area (Å²) in [6.45, 7) is 1.92. The monoisotopic (exact) mass is 284 g/mol. The van der Waals surface area contributed by atoms with Crippen molar-refractivity contribution in [2.45, 2.75) is 45.1 Å². The number of benzene rings is 1. The number of halogens is 2. The molecule has 0 unspecified atom stereocenters. The zero-order chi connectivity index (χ0) is 13.1. The third-order valence-electron chi connectivity index (χ3n) is 3.50. The van der Waals surface area contributed by atoms with Crippen LogP contribution >= 0.6 is 23.2 Å². The van der Waals surface area contributed by atoms with Gasteiger partial charge >= 0.3 is 5.69 Å². The molecule has 0 bridgehead atoms. The molecule has 0 saturated heterocycles. The second-order valence-electron chi connectivity index (χ2n) is 4.77. The van der Waals surface area contributed by atoms with Crippen LogP contribution in [0, 0.1) is 12.3 Å². The Hall–Kier alpha value is -0.980. The summed E-state index contributed by atoms with van der Waals surface area (Å²) in [5, 5.41) is 13.4. The minimum absolute atomic E-state index is 0.311. The number of nitrogens with one attached hydrogen (secondary N) is 1. The number of hydrogen-bond acceptors (Lipinski definition) is 2. The third-order valence-corrected chi connectivity index (χ3v) is 4.28. The van der Waals surface area contributed by atoms with E-state index >= 15 is 0 Å². The molecule has 0 aliphatic heterocycles. The summed E-state index contributed by atoms with van der Waals surface area (Å²) in [6.07, 6.45) is 6.08. The van der Waals surface area contributed by atoms with Crippen molar-refractivity contribution in [1.82, 2.24) is 0 Å². The Morgan fingerprint density at radius 2 is 1.94 bits per heavy atom. The minimum atomic E-state index is 0.311. The Labute approximate surface area is 117 Å². The lowest BCUT2D eigenvalue weighted by Crippen LogP contribution is -2.22. The van der Waals surface area contributed by atoms with E-state index in [0.717, 1.165) is 24.1 Å².